The first-order valence-electron chi connectivity index (χ1n) is 9.52. The van der Waals surface area contributed by atoms with E-state index >= 15 is 0 Å². The number of ether oxygens (including phenoxy) is 1. The maximum Gasteiger partial charge on any atom is 0.321 e. The number of hydrogen-bond acceptors (Lipinski definition) is 5. The Morgan fingerprint density at radius 2 is 1.90 bits per heavy atom. The van der Waals surface area contributed by atoms with Crippen molar-refractivity contribution < 1.29 is 22.8 Å². The Morgan fingerprint density at radius 1 is 1.17 bits per heavy atom. The molecule has 0 saturated carbocycles. The molecule has 156 valence electrons. The van der Waals surface area contributed by atoms with Crippen LogP contribution in [0.4, 0.5) is 19.3 Å². The van der Waals surface area contributed by atoms with Gasteiger partial charge in [-0.3, -0.25) is 0 Å². The van der Waals surface area contributed by atoms with Gasteiger partial charge < -0.3 is 19.5 Å². The predicted octanol–water partition coefficient (Wildman–Crippen LogP) is 4.43. The molecule has 0 bridgehead atoms. The minimum absolute atomic E-state index is 0.0381. The van der Waals surface area contributed by atoms with Gasteiger partial charge in [0.1, 0.15) is 17.4 Å². The van der Waals surface area contributed by atoms with Crippen LogP contribution >= 0.6 is 0 Å². The molecule has 30 heavy (non-hydrogen) atoms. The smallest absolute Gasteiger partial charge is 0.321 e. The summed E-state index contributed by atoms with van der Waals surface area (Å²) < 4.78 is 37.3. The van der Waals surface area contributed by atoms with Gasteiger partial charge in [0.25, 0.3) is 0 Å². The van der Waals surface area contributed by atoms with E-state index in [1.165, 1.54) is 6.07 Å². The highest BCUT2D eigenvalue weighted by Crippen LogP contribution is 2.29. The summed E-state index contributed by atoms with van der Waals surface area (Å²) in [7, 11) is 1.60. The van der Waals surface area contributed by atoms with E-state index in [0.29, 0.717) is 37.6 Å². The summed E-state index contributed by atoms with van der Waals surface area (Å²) in [6.45, 7) is 0.916. The molecule has 1 N–H and O–H groups in total. The van der Waals surface area contributed by atoms with Gasteiger partial charge in [0.05, 0.1) is 12.8 Å². The molecule has 2 amide bonds. The summed E-state index contributed by atoms with van der Waals surface area (Å²) in [4.78, 5) is 18.5. The van der Waals surface area contributed by atoms with E-state index < -0.39 is 17.7 Å². The maximum atomic E-state index is 13.7. The van der Waals surface area contributed by atoms with E-state index in [9.17, 15) is 13.6 Å². The van der Waals surface area contributed by atoms with Gasteiger partial charge in [0.2, 0.25) is 11.7 Å². The van der Waals surface area contributed by atoms with Crippen LogP contribution in [0.2, 0.25) is 0 Å². The number of rotatable bonds is 4. The molecule has 1 aliphatic heterocycles. The van der Waals surface area contributed by atoms with Crippen molar-refractivity contribution in [3.8, 4) is 17.1 Å². The zero-order valence-electron chi connectivity index (χ0n) is 16.3. The normalized spacial score (nSPS) is 14.6. The lowest BCUT2D eigenvalue weighted by molar-refractivity contribution is 0.187. The van der Waals surface area contributed by atoms with E-state index in [1.54, 1.807) is 12.0 Å². The number of halogens is 2. The topological polar surface area (TPSA) is 80.5 Å². The number of amides is 2. The summed E-state index contributed by atoms with van der Waals surface area (Å²) in [5, 5.41) is 6.53. The molecule has 3 aromatic rings. The Morgan fingerprint density at radius 3 is 2.57 bits per heavy atom. The fourth-order valence-corrected chi connectivity index (χ4v) is 3.37. The van der Waals surface area contributed by atoms with Gasteiger partial charge in [-0.25, -0.2) is 13.6 Å². The predicted molar refractivity (Wildman–Crippen MR) is 105 cm³/mol. The Balaban J connectivity index is 1.35. The number of hydrogen-bond donors (Lipinski definition) is 1. The second-order valence-electron chi connectivity index (χ2n) is 7.00. The summed E-state index contributed by atoms with van der Waals surface area (Å²) in [5.41, 5.74) is 0.772. The molecule has 2 heterocycles. The number of carbonyl (C=O) groups is 1. The molecule has 0 atom stereocenters. The third-order valence-corrected chi connectivity index (χ3v) is 5.09. The van der Waals surface area contributed by atoms with Crippen LogP contribution in [0.25, 0.3) is 11.4 Å². The minimum atomic E-state index is -0.810. The number of carbonyl (C=O) groups excluding carboxylic acids is 1. The number of methoxy groups -OCH3 is 1. The molecule has 1 aliphatic rings. The summed E-state index contributed by atoms with van der Waals surface area (Å²) in [5.74, 6) is 0.310. The van der Waals surface area contributed by atoms with Gasteiger partial charge in [-0.2, -0.15) is 4.98 Å². The lowest BCUT2D eigenvalue weighted by Gasteiger charge is -2.30. The molecule has 9 heteroatoms. The fourth-order valence-electron chi connectivity index (χ4n) is 3.37. The Hall–Kier alpha value is -3.49. The van der Waals surface area contributed by atoms with Crippen molar-refractivity contribution in [3.63, 3.8) is 0 Å². The molecule has 0 unspecified atom stereocenters. The van der Waals surface area contributed by atoms with Gasteiger partial charge in [-0.1, -0.05) is 5.16 Å². The number of anilines is 1. The van der Waals surface area contributed by atoms with Crippen molar-refractivity contribution in [3.05, 3.63) is 60.0 Å². The van der Waals surface area contributed by atoms with Gasteiger partial charge in [0.15, 0.2) is 0 Å². The summed E-state index contributed by atoms with van der Waals surface area (Å²) >= 11 is 0. The largest absolute Gasteiger partial charge is 0.497 e. The molecular formula is C21H20F2N4O3. The molecule has 7 nitrogen and oxygen atoms in total. The first-order chi connectivity index (χ1) is 14.5. The van der Waals surface area contributed by atoms with Gasteiger partial charge in [-0.05, 0) is 49.2 Å². The average molecular weight is 414 g/mol. The first kappa shape index (κ1) is 19.8. The van der Waals surface area contributed by atoms with Crippen molar-refractivity contribution in [1.29, 1.82) is 0 Å². The molecule has 2 aromatic carbocycles. The highest BCUT2D eigenvalue weighted by atomic mass is 19.1. The van der Waals surface area contributed by atoms with E-state index in [-0.39, 0.29) is 11.6 Å². The number of likely N-dealkylation sites (tertiary alicyclic amines) is 1. The minimum Gasteiger partial charge on any atom is -0.497 e. The summed E-state index contributed by atoms with van der Waals surface area (Å²) in [6, 6.07) is 9.97. The molecule has 1 saturated heterocycles. The quantitative estimate of drug-likeness (QED) is 0.683. The molecule has 1 fully saturated rings. The van der Waals surface area contributed by atoms with Crippen molar-refractivity contribution >= 4 is 11.7 Å². The molecular weight excluding hydrogens is 394 g/mol. The molecule has 1 aromatic heterocycles. The van der Waals surface area contributed by atoms with Crippen molar-refractivity contribution in [2.45, 2.75) is 18.8 Å². The van der Waals surface area contributed by atoms with Gasteiger partial charge in [-0.15, -0.1) is 0 Å². The third-order valence-electron chi connectivity index (χ3n) is 5.09. The number of piperidine rings is 1. The number of nitrogens with zero attached hydrogens (tertiary/aromatic N) is 3. The van der Waals surface area contributed by atoms with E-state index in [2.05, 4.69) is 15.5 Å². The third kappa shape index (κ3) is 4.24. The van der Waals surface area contributed by atoms with Crippen molar-refractivity contribution in [1.82, 2.24) is 15.0 Å². The average Bonchev–Trinajstić information content (AvgIpc) is 3.26. The Bertz CT molecular complexity index is 1030. The van der Waals surface area contributed by atoms with Crippen LogP contribution in [0.15, 0.2) is 47.0 Å². The van der Waals surface area contributed by atoms with Crippen molar-refractivity contribution in [2.24, 2.45) is 0 Å². The second-order valence-corrected chi connectivity index (χ2v) is 7.00. The number of aromatic nitrogens is 2. The van der Waals surface area contributed by atoms with Crippen LogP contribution < -0.4 is 10.1 Å². The highest BCUT2D eigenvalue weighted by molar-refractivity contribution is 5.89. The molecule has 0 aliphatic carbocycles. The molecule has 0 spiro atoms. The number of nitrogens with one attached hydrogen (secondary N) is 1. The Kier molecular flexibility index (Phi) is 5.60. The highest BCUT2D eigenvalue weighted by Gasteiger charge is 2.28. The van der Waals surface area contributed by atoms with Crippen LogP contribution in [0.3, 0.4) is 0 Å². The standard InChI is InChI=1S/C21H20F2N4O3/c1-29-16-5-2-13(3-6-16)19-25-20(30-26-19)14-8-10-27(11-9-14)21(28)24-18-7-4-15(22)12-17(18)23/h2-7,12,14H,8-11H2,1H3,(H,24,28). The second kappa shape index (κ2) is 8.48. The molecule has 0 radical (unpaired) electrons. The first-order valence-corrected chi connectivity index (χ1v) is 9.52. The van der Waals surface area contributed by atoms with Crippen LogP contribution in [-0.4, -0.2) is 41.3 Å². The zero-order chi connectivity index (χ0) is 21.1. The number of benzene rings is 2. The van der Waals surface area contributed by atoms with Crippen molar-refractivity contribution in [2.75, 3.05) is 25.5 Å². The van der Waals surface area contributed by atoms with Crippen LogP contribution in [0.5, 0.6) is 5.75 Å². The van der Waals surface area contributed by atoms with Gasteiger partial charge in [0, 0.05) is 30.6 Å². The lowest BCUT2D eigenvalue weighted by Crippen LogP contribution is -2.40. The fraction of sp³-hybridized carbons (Fsp3) is 0.286. The maximum absolute atomic E-state index is 13.7. The Labute approximate surface area is 171 Å². The van der Waals surface area contributed by atoms with Crippen LogP contribution in [0.1, 0.15) is 24.7 Å². The zero-order valence-corrected chi connectivity index (χ0v) is 16.3. The van der Waals surface area contributed by atoms with Crippen LogP contribution in [-0.2, 0) is 0 Å². The molecule has 4 rings (SSSR count). The van der Waals surface area contributed by atoms with E-state index in [4.69, 9.17) is 9.26 Å². The number of urea groups is 1. The van der Waals surface area contributed by atoms with E-state index in [0.717, 1.165) is 23.4 Å². The van der Waals surface area contributed by atoms with E-state index in [1.807, 2.05) is 24.3 Å². The lowest BCUT2D eigenvalue weighted by atomic mass is 9.97. The van der Waals surface area contributed by atoms with Crippen LogP contribution in [0, 0.1) is 11.6 Å². The van der Waals surface area contributed by atoms with Gasteiger partial charge >= 0.3 is 6.03 Å². The summed E-state index contributed by atoms with van der Waals surface area (Å²) in [6.07, 6.45) is 1.28. The SMILES string of the molecule is COc1ccc(-c2noc(C3CCN(C(=O)Nc4ccc(F)cc4F)CC3)n2)cc1. The monoisotopic (exact) mass is 414 g/mol.